The first-order valence-corrected chi connectivity index (χ1v) is 10.9. The number of para-hydroxylation sites is 1. The number of carbonyl (C=O) groups excluding carboxylic acids is 1. The van der Waals surface area contributed by atoms with Crippen molar-refractivity contribution < 1.29 is 9.53 Å². The highest BCUT2D eigenvalue weighted by molar-refractivity contribution is 5.94. The maximum atomic E-state index is 12.2. The van der Waals surface area contributed by atoms with Gasteiger partial charge in [0.1, 0.15) is 5.75 Å². The fraction of sp³-hybridized carbons (Fsp3) is 0.417. The van der Waals surface area contributed by atoms with Crippen molar-refractivity contribution in [2.75, 3.05) is 45.7 Å². The topological polar surface area (TPSA) is 78.0 Å². The van der Waals surface area contributed by atoms with Crippen LogP contribution in [-0.4, -0.2) is 57.1 Å². The minimum absolute atomic E-state index is 0.114. The fourth-order valence-electron chi connectivity index (χ4n) is 3.82. The van der Waals surface area contributed by atoms with Gasteiger partial charge >= 0.3 is 0 Å². The van der Waals surface area contributed by atoms with Crippen molar-refractivity contribution in [1.82, 2.24) is 15.5 Å². The molecule has 1 fully saturated rings. The molecule has 3 rings (SSSR count). The number of hydrogen-bond acceptors (Lipinski definition) is 4. The Balaban J connectivity index is 1.57. The van der Waals surface area contributed by atoms with Crippen molar-refractivity contribution in [3.05, 3.63) is 60.2 Å². The van der Waals surface area contributed by atoms with E-state index in [1.165, 1.54) is 24.8 Å². The average molecular weight is 424 g/mol. The number of piperidine rings is 1. The average Bonchev–Trinajstić information content (AvgIpc) is 2.83. The molecule has 0 aliphatic carbocycles. The Morgan fingerprint density at radius 2 is 1.74 bits per heavy atom. The Bertz CT molecular complexity index is 833. The second kappa shape index (κ2) is 12.0. The van der Waals surface area contributed by atoms with Gasteiger partial charge in [-0.05, 0) is 55.8 Å². The highest BCUT2D eigenvalue weighted by atomic mass is 16.5. The zero-order valence-corrected chi connectivity index (χ0v) is 18.4. The SMILES string of the molecule is CN=C(NCC(=O)Nc1ccccc1)NCC(c1ccc(OC)cc1)N1CCCCC1. The molecule has 3 N–H and O–H groups in total. The van der Waals surface area contributed by atoms with E-state index in [9.17, 15) is 4.79 Å². The molecule has 0 radical (unpaired) electrons. The summed E-state index contributed by atoms with van der Waals surface area (Å²) in [6, 6.07) is 17.9. The van der Waals surface area contributed by atoms with Gasteiger partial charge in [-0.15, -0.1) is 0 Å². The van der Waals surface area contributed by atoms with Crippen LogP contribution >= 0.6 is 0 Å². The number of nitrogens with zero attached hydrogens (tertiary/aromatic N) is 2. The highest BCUT2D eigenvalue weighted by Gasteiger charge is 2.22. The van der Waals surface area contributed by atoms with Gasteiger partial charge in [0.05, 0.1) is 19.7 Å². The molecular weight excluding hydrogens is 390 g/mol. The van der Waals surface area contributed by atoms with Crippen LogP contribution < -0.4 is 20.7 Å². The van der Waals surface area contributed by atoms with E-state index in [4.69, 9.17) is 4.74 Å². The number of carbonyl (C=O) groups is 1. The molecule has 7 heteroatoms. The number of amides is 1. The Labute approximate surface area is 184 Å². The molecule has 0 bridgehead atoms. The number of nitrogens with one attached hydrogen (secondary N) is 3. The van der Waals surface area contributed by atoms with Crippen LogP contribution in [0.5, 0.6) is 5.75 Å². The number of hydrogen-bond donors (Lipinski definition) is 3. The van der Waals surface area contributed by atoms with E-state index in [2.05, 4.69) is 38.0 Å². The third-order valence-electron chi connectivity index (χ3n) is 5.49. The van der Waals surface area contributed by atoms with Crippen LogP contribution in [0.15, 0.2) is 59.6 Å². The lowest BCUT2D eigenvalue weighted by atomic mass is 10.0. The number of aliphatic imine (C=N–C) groups is 1. The van der Waals surface area contributed by atoms with Crippen LogP contribution in [0.25, 0.3) is 0 Å². The van der Waals surface area contributed by atoms with Gasteiger partial charge in [0.25, 0.3) is 0 Å². The molecule has 2 aromatic carbocycles. The summed E-state index contributed by atoms with van der Waals surface area (Å²) in [5.41, 5.74) is 2.02. The van der Waals surface area contributed by atoms with Gasteiger partial charge in [0, 0.05) is 19.3 Å². The van der Waals surface area contributed by atoms with Crippen molar-refractivity contribution in [3.63, 3.8) is 0 Å². The first-order valence-electron chi connectivity index (χ1n) is 10.9. The molecule has 1 unspecified atom stereocenters. The Morgan fingerprint density at radius 3 is 2.39 bits per heavy atom. The summed E-state index contributed by atoms with van der Waals surface area (Å²) in [4.78, 5) is 19.0. The molecule has 2 aromatic rings. The quantitative estimate of drug-likeness (QED) is 0.449. The molecular formula is C24H33N5O2. The highest BCUT2D eigenvalue weighted by Crippen LogP contribution is 2.25. The Kier molecular flexibility index (Phi) is 8.72. The molecule has 1 amide bonds. The fourth-order valence-corrected chi connectivity index (χ4v) is 3.82. The van der Waals surface area contributed by atoms with E-state index < -0.39 is 0 Å². The van der Waals surface area contributed by atoms with Gasteiger partial charge in [-0.1, -0.05) is 36.8 Å². The van der Waals surface area contributed by atoms with Crippen LogP contribution in [0.2, 0.25) is 0 Å². The number of benzene rings is 2. The first-order chi connectivity index (χ1) is 15.2. The van der Waals surface area contributed by atoms with Crippen LogP contribution in [0.3, 0.4) is 0 Å². The standard InChI is InChI=1S/C24H33N5O2/c1-25-24(27-18-23(30)28-20-9-5-3-6-10-20)26-17-22(29-15-7-4-8-16-29)19-11-13-21(31-2)14-12-19/h3,5-6,9-14,22H,4,7-8,15-18H2,1-2H3,(H,28,30)(H2,25,26,27). The lowest BCUT2D eigenvalue weighted by Crippen LogP contribution is -2.46. The molecule has 1 atom stereocenters. The summed E-state index contributed by atoms with van der Waals surface area (Å²) in [6.45, 7) is 3.02. The monoisotopic (exact) mass is 423 g/mol. The minimum Gasteiger partial charge on any atom is -0.497 e. The molecule has 1 saturated heterocycles. The van der Waals surface area contributed by atoms with Crippen molar-refractivity contribution in [2.24, 2.45) is 4.99 Å². The molecule has 1 aliphatic heterocycles. The maximum absolute atomic E-state index is 12.2. The summed E-state index contributed by atoms with van der Waals surface area (Å²) in [7, 11) is 3.40. The van der Waals surface area contributed by atoms with Crippen molar-refractivity contribution >= 4 is 17.6 Å². The minimum atomic E-state index is -0.114. The van der Waals surface area contributed by atoms with E-state index in [0.29, 0.717) is 12.5 Å². The summed E-state index contributed by atoms with van der Waals surface area (Å²) >= 11 is 0. The first kappa shape index (κ1) is 22.6. The predicted molar refractivity (Wildman–Crippen MR) is 126 cm³/mol. The second-order valence-electron chi connectivity index (χ2n) is 7.61. The maximum Gasteiger partial charge on any atom is 0.243 e. The van der Waals surface area contributed by atoms with E-state index in [0.717, 1.165) is 24.5 Å². The third kappa shape index (κ3) is 7.00. The number of methoxy groups -OCH3 is 1. The molecule has 0 spiro atoms. The number of guanidine groups is 1. The van der Waals surface area contributed by atoms with Gasteiger partial charge in [-0.2, -0.15) is 0 Å². The van der Waals surface area contributed by atoms with Gasteiger partial charge in [-0.3, -0.25) is 14.7 Å². The zero-order valence-electron chi connectivity index (χ0n) is 18.4. The van der Waals surface area contributed by atoms with Gasteiger partial charge in [-0.25, -0.2) is 0 Å². The third-order valence-corrected chi connectivity index (χ3v) is 5.49. The van der Waals surface area contributed by atoms with Gasteiger partial charge in [0.2, 0.25) is 5.91 Å². The molecule has 1 aliphatic rings. The summed E-state index contributed by atoms with van der Waals surface area (Å²) in [5, 5.41) is 9.38. The summed E-state index contributed by atoms with van der Waals surface area (Å²) in [6.07, 6.45) is 3.73. The van der Waals surface area contributed by atoms with E-state index in [1.54, 1.807) is 14.2 Å². The predicted octanol–water partition coefficient (Wildman–Crippen LogP) is 3.03. The Hall–Kier alpha value is -3.06. The molecule has 0 saturated carbocycles. The van der Waals surface area contributed by atoms with Crippen molar-refractivity contribution in [3.8, 4) is 5.75 Å². The largest absolute Gasteiger partial charge is 0.497 e. The number of anilines is 1. The zero-order chi connectivity index (χ0) is 21.9. The molecule has 31 heavy (non-hydrogen) atoms. The van der Waals surface area contributed by atoms with Crippen LogP contribution in [0.4, 0.5) is 5.69 Å². The normalized spacial score (nSPS) is 15.7. The van der Waals surface area contributed by atoms with E-state index in [-0.39, 0.29) is 18.5 Å². The summed E-state index contributed by atoms with van der Waals surface area (Å²) < 4.78 is 5.31. The molecule has 166 valence electrons. The lowest BCUT2D eigenvalue weighted by Gasteiger charge is -2.35. The van der Waals surface area contributed by atoms with Crippen LogP contribution in [-0.2, 0) is 4.79 Å². The molecule has 7 nitrogen and oxygen atoms in total. The van der Waals surface area contributed by atoms with Crippen molar-refractivity contribution in [1.29, 1.82) is 0 Å². The van der Waals surface area contributed by atoms with Gasteiger partial charge in [0.15, 0.2) is 5.96 Å². The van der Waals surface area contributed by atoms with Crippen molar-refractivity contribution in [2.45, 2.75) is 25.3 Å². The number of likely N-dealkylation sites (tertiary alicyclic amines) is 1. The van der Waals surface area contributed by atoms with Crippen LogP contribution in [0, 0.1) is 0 Å². The lowest BCUT2D eigenvalue weighted by molar-refractivity contribution is -0.115. The molecule has 1 heterocycles. The van der Waals surface area contributed by atoms with E-state index in [1.807, 2.05) is 42.5 Å². The second-order valence-corrected chi connectivity index (χ2v) is 7.61. The van der Waals surface area contributed by atoms with Crippen LogP contribution in [0.1, 0.15) is 30.9 Å². The summed E-state index contributed by atoms with van der Waals surface area (Å²) in [5.74, 6) is 1.35. The number of ether oxygens (including phenoxy) is 1. The smallest absolute Gasteiger partial charge is 0.243 e. The van der Waals surface area contributed by atoms with Gasteiger partial charge < -0.3 is 20.7 Å². The van der Waals surface area contributed by atoms with E-state index >= 15 is 0 Å². The number of rotatable bonds is 8. The Morgan fingerprint density at radius 1 is 1.03 bits per heavy atom. The molecule has 0 aromatic heterocycles.